The first-order valence-electron chi connectivity index (χ1n) is 15.7. The summed E-state index contributed by atoms with van der Waals surface area (Å²) in [6, 6.07) is 0. The van der Waals surface area contributed by atoms with Crippen molar-refractivity contribution in [2.45, 2.75) is 38.5 Å². The van der Waals surface area contributed by atoms with E-state index >= 15 is 0 Å². The molecule has 280 valence electrons. The molecule has 15 heteroatoms. The average molecular weight is 703 g/mol. The molecule has 2 aromatic carbocycles. The predicted octanol–water partition coefficient (Wildman–Crippen LogP) is 4.78. The molecule has 0 bridgehead atoms. The maximum atomic E-state index is 6.11. The second-order valence-electron chi connectivity index (χ2n) is 10.2. The third-order valence-electron chi connectivity index (χ3n) is 7.24. The molecule has 0 N–H and O–H groups in total. The summed E-state index contributed by atoms with van der Waals surface area (Å²) in [5.41, 5.74) is 2.21. The van der Waals surface area contributed by atoms with Crippen LogP contribution in [0.25, 0.3) is 0 Å². The zero-order chi connectivity index (χ0) is 36.0. The molecule has 0 atom stereocenters. The fourth-order valence-corrected chi connectivity index (χ4v) is 5.30. The molecule has 0 amide bonds. The molecule has 2 aromatic rings. The van der Waals surface area contributed by atoms with Crippen molar-refractivity contribution in [3.8, 4) is 51.7 Å². The summed E-state index contributed by atoms with van der Waals surface area (Å²) in [7, 11) is 15.5. The number of rotatable bonds is 28. The average Bonchev–Trinajstić information content (AvgIpc) is 3.12. The number of hydrogen-bond acceptors (Lipinski definition) is 15. The number of hydrogen-bond donors (Lipinski definition) is 0. The molecular weight excluding hydrogens is 648 g/mol. The smallest absolute Gasteiger partial charge is 0.211 e. The molecular formula is C34H54O15. The summed E-state index contributed by atoms with van der Waals surface area (Å²) in [6.45, 7) is 0.452. The SMILES string of the molecule is COCOCCc1c(OC)c(OCOC)c(CCCCCc2c(OCOC)c(OC)c(OC)c(OCOC)c2OC)c(OC)c1OCOC. The lowest BCUT2D eigenvalue weighted by molar-refractivity contribution is -0.0296. The molecule has 15 nitrogen and oxygen atoms in total. The van der Waals surface area contributed by atoms with Gasteiger partial charge in [-0.1, -0.05) is 6.42 Å². The highest BCUT2D eigenvalue weighted by Gasteiger charge is 2.30. The Balaban J connectivity index is 2.48. The van der Waals surface area contributed by atoms with Gasteiger partial charge in [-0.3, -0.25) is 0 Å². The van der Waals surface area contributed by atoms with Gasteiger partial charge in [0.05, 0.1) is 42.2 Å². The topological polar surface area (TPSA) is 138 Å². The fourth-order valence-electron chi connectivity index (χ4n) is 5.30. The molecule has 0 aromatic heterocycles. The van der Waals surface area contributed by atoms with Gasteiger partial charge in [-0.2, -0.15) is 0 Å². The standard InChI is InChI=1S/C34H54O15/c1-35-18-45-17-16-25-27(41-7)29(46-19-36-2)23(26(40-6)30(25)47-20-37-3)14-12-11-13-15-24-28(42-8)34(49-22-39-5)33(44-10)32(43-9)31(24)48-21-38-4/h11-22H2,1-10H3. The van der Waals surface area contributed by atoms with Crippen LogP contribution in [0.3, 0.4) is 0 Å². The van der Waals surface area contributed by atoms with E-state index in [1.807, 2.05) is 0 Å². The zero-order valence-electron chi connectivity index (χ0n) is 30.6. The quantitative estimate of drug-likeness (QED) is 0.0888. The molecule has 0 unspecified atom stereocenters. The summed E-state index contributed by atoms with van der Waals surface area (Å²) < 4.78 is 84.6. The van der Waals surface area contributed by atoms with E-state index in [0.717, 1.165) is 30.4 Å². The molecule has 0 spiro atoms. The van der Waals surface area contributed by atoms with Gasteiger partial charge in [0.15, 0.2) is 61.7 Å². The third kappa shape index (κ3) is 11.2. The third-order valence-corrected chi connectivity index (χ3v) is 7.24. The summed E-state index contributed by atoms with van der Waals surface area (Å²) in [4.78, 5) is 0. The molecule has 2 rings (SSSR count). The lowest BCUT2D eigenvalue weighted by atomic mass is 9.97. The Bertz CT molecular complexity index is 1240. The number of methoxy groups -OCH3 is 10. The highest BCUT2D eigenvalue weighted by molar-refractivity contribution is 5.70. The van der Waals surface area contributed by atoms with Gasteiger partial charge >= 0.3 is 0 Å². The van der Waals surface area contributed by atoms with E-state index in [1.165, 1.54) is 28.4 Å². The first-order valence-corrected chi connectivity index (χ1v) is 15.7. The molecule has 0 heterocycles. The van der Waals surface area contributed by atoms with Gasteiger partial charge in [-0.15, -0.1) is 0 Å². The van der Waals surface area contributed by atoms with Crippen molar-refractivity contribution in [1.29, 1.82) is 0 Å². The second kappa shape index (κ2) is 23.7. The molecule has 0 saturated heterocycles. The minimum Gasteiger partial charge on any atom is -0.492 e. The van der Waals surface area contributed by atoms with Gasteiger partial charge < -0.3 is 71.1 Å². The summed E-state index contributed by atoms with van der Waals surface area (Å²) in [5.74, 6) is 3.91. The van der Waals surface area contributed by atoms with Crippen LogP contribution < -0.4 is 42.6 Å². The Morgan fingerprint density at radius 2 is 0.633 bits per heavy atom. The first kappa shape index (κ1) is 41.6. The van der Waals surface area contributed by atoms with E-state index < -0.39 is 0 Å². The van der Waals surface area contributed by atoms with Crippen LogP contribution in [0.4, 0.5) is 0 Å². The lowest BCUT2D eigenvalue weighted by Gasteiger charge is -2.24. The van der Waals surface area contributed by atoms with Crippen molar-refractivity contribution < 1.29 is 71.1 Å². The van der Waals surface area contributed by atoms with Gasteiger partial charge in [0, 0.05) is 58.7 Å². The van der Waals surface area contributed by atoms with Crippen molar-refractivity contribution >= 4 is 0 Å². The van der Waals surface area contributed by atoms with E-state index in [0.29, 0.717) is 83.2 Å². The van der Waals surface area contributed by atoms with Crippen molar-refractivity contribution in [1.82, 2.24) is 0 Å². The lowest BCUT2D eigenvalue weighted by Crippen LogP contribution is -2.13. The summed E-state index contributed by atoms with van der Waals surface area (Å²) in [5, 5.41) is 0. The maximum absolute atomic E-state index is 6.11. The Kier molecular flexibility index (Phi) is 20.1. The highest BCUT2D eigenvalue weighted by Crippen LogP contribution is 2.54. The monoisotopic (exact) mass is 702 g/mol. The van der Waals surface area contributed by atoms with Crippen LogP contribution in [0, 0.1) is 0 Å². The van der Waals surface area contributed by atoms with Crippen LogP contribution in [-0.2, 0) is 47.7 Å². The maximum Gasteiger partial charge on any atom is 0.211 e. The number of benzene rings is 2. The Morgan fingerprint density at radius 3 is 1.02 bits per heavy atom. The van der Waals surface area contributed by atoms with Gasteiger partial charge in [0.2, 0.25) is 17.2 Å². The zero-order valence-corrected chi connectivity index (χ0v) is 30.6. The first-order chi connectivity index (χ1) is 24.0. The van der Waals surface area contributed by atoms with E-state index in [2.05, 4.69) is 0 Å². The molecule has 0 aliphatic heterocycles. The normalized spacial score (nSPS) is 10.9. The molecule has 0 fully saturated rings. The molecule has 0 aliphatic carbocycles. The van der Waals surface area contributed by atoms with Crippen molar-refractivity contribution in [3.63, 3.8) is 0 Å². The fraction of sp³-hybridized carbons (Fsp3) is 0.647. The molecule has 0 radical (unpaired) electrons. The van der Waals surface area contributed by atoms with Crippen molar-refractivity contribution in [2.24, 2.45) is 0 Å². The van der Waals surface area contributed by atoms with Gasteiger partial charge in [-0.25, -0.2) is 0 Å². The molecule has 49 heavy (non-hydrogen) atoms. The van der Waals surface area contributed by atoms with Gasteiger partial charge in [0.25, 0.3) is 0 Å². The van der Waals surface area contributed by atoms with Gasteiger partial charge in [-0.05, 0) is 25.7 Å². The van der Waals surface area contributed by atoms with Crippen molar-refractivity contribution in [2.75, 3.05) is 112 Å². The summed E-state index contributed by atoms with van der Waals surface area (Å²) >= 11 is 0. The molecule has 0 aliphatic rings. The Labute approximate surface area is 289 Å². The largest absolute Gasteiger partial charge is 0.492 e. The Hall–Kier alpha value is -3.60. The van der Waals surface area contributed by atoms with Crippen LogP contribution >= 0.6 is 0 Å². The van der Waals surface area contributed by atoms with E-state index in [1.54, 1.807) is 42.7 Å². The highest BCUT2D eigenvalue weighted by atomic mass is 16.7. The summed E-state index contributed by atoms with van der Waals surface area (Å²) in [6.07, 6.45) is 3.85. The molecule has 0 saturated carbocycles. The van der Waals surface area contributed by atoms with Crippen LogP contribution in [-0.4, -0.2) is 112 Å². The van der Waals surface area contributed by atoms with Crippen LogP contribution in [0.2, 0.25) is 0 Å². The minimum atomic E-state index is -0.0264. The van der Waals surface area contributed by atoms with Crippen LogP contribution in [0.5, 0.6) is 51.7 Å². The Morgan fingerprint density at radius 1 is 0.306 bits per heavy atom. The van der Waals surface area contributed by atoms with Crippen LogP contribution in [0.15, 0.2) is 0 Å². The minimum absolute atomic E-state index is 0.000126. The van der Waals surface area contributed by atoms with E-state index in [-0.39, 0.29) is 34.0 Å². The van der Waals surface area contributed by atoms with Gasteiger partial charge in [0.1, 0.15) is 6.79 Å². The van der Waals surface area contributed by atoms with Crippen LogP contribution in [0.1, 0.15) is 36.0 Å². The van der Waals surface area contributed by atoms with E-state index in [4.69, 9.17) is 71.1 Å². The van der Waals surface area contributed by atoms with Crippen molar-refractivity contribution in [3.05, 3.63) is 16.7 Å². The van der Waals surface area contributed by atoms with E-state index in [9.17, 15) is 0 Å². The number of ether oxygens (including phenoxy) is 15. The predicted molar refractivity (Wildman–Crippen MR) is 178 cm³/mol. The second-order valence-corrected chi connectivity index (χ2v) is 10.2. The number of unbranched alkanes of at least 4 members (excludes halogenated alkanes) is 2.